The number of hydrogen-bond donors (Lipinski definition) is 1. The van der Waals surface area contributed by atoms with Gasteiger partial charge in [-0.15, -0.1) is 0 Å². The molecule has 1 aliphatic rings. The Labute approximate surface area is 104 Å². The Hall–Kier alpha value is -0.770. The molecule has 1 saturated heterocycles. The van der Waals surface area contributed by atoms with Crippen LogP contribution >= 0.6 is 0 Å². The average molecular weight is 243 g/mol. The van der Waals surface area contributed by atoms with Crippen LogP contribution < -0.4 is 0 Å². The zero-order valence-electron chi connectivity index (χ0n) is 11.5. The van der Waals surface area contributed by atoms with Crippen LogP contribution in [-0.2, 0) is 4.74 Å². The largest absolute Gasteiger partial charge is 0.449 e. The molecule has 1 aliphatic heterocycles. The summed E-state index contributed by atoms with van der Waals surface area (Å²) in [6.45, 7) is 9.60. The number of hydrogen-bond acceptors (Lipinski definition) is 3. The Bertz CT molecular complexity index is 264. The molecule has 100 valence electrons. The third-order valence-corrected chi connectivity index (χ3v) is 2.81. The van der Waals surface area contributed by atoms with Gasteiger partial charge in [0.2, 0.25) is 0 Å². The minimum absolute atomic E-state index is 0.0763. The highest BCUT2D eigenvalue weighted by atomic mass is 16.6. The van der Waals surface area contributed by atoms with Gasteiger partial charge in [-0.25, -0.2) is 4.79 Å². The quantitative estimate of drug-likeness (QED) is 0.771. The molecule has 0 atom stereocenters. The maximum Gasteiger partial charge on any atom is 0.409 e. The molecule has 0 spiro atoms. The van der Waals surface area contributed by atoms with Gasteiger partial charge in [0.15, 0.2) is 0 Å². The number of nitrogens with zero attached hydrogens (tertiary/aromatic N) is 1. The van der Waals surface area contributed by atoms with Crippen LogP contribution in [-0.4, -0.2) is 41.4 Å². The molecule has 4 nitrogen and oxygen atoms in total. The van der Waals surface area contributed by atoms with E-state index in [0.29, 0.717) is 26.1 Å². The summed E-state index contributed by atoms with van der Waals surface area (Å²) in [4.78, 5) is 13.1. The first kappa shape index (κ1) is 14.3. The van der Waals surface area contributed by atoms with Gasteiger partial charge in [0.25, 0.3) is 0 Å². The van der Waals surface area contributed by atoms with Crippen LogP contribution in [0.5, 0.6) is 0 Å². The number of likely N-dealkylation sites (tertiary alicyclic amines) is 1. The predicted octanol–water partition coefficient (Wildman–Crippen LogP) is 2.41. The van der Waals surface area contributed by atoms with Gasteiger partial charge in [-0.2, -0.15) is 0 Å². The van der Waals surface area contributed by atoms with Crippen molar-refractivity contribution in [1.29, 1.82) is 0 Å². The van der Waals surface area contributed by atoms with E-state index >= 15 is 0 Å². The van der Waals surface area contributed by atoms with Crippen molar-refractivity contribution in [2.45, 2.75) is 52.6 Å². The van der Waals surface area contributed by atoms with Crippen LogP contribution in [0, 0.1) is 5.41 Å². The summed E-state index contributed by atoms with van der Waals surface area (Å²) in [6.07, 6.45) is 2.32. The molecule has 17 heavy (non-hydrogen) atoms. The lowest BCUT2D eigenvalue weighted by Gasteiger charge is -2.48. The molecule has 0 saturated carbocycles. The summed E-state index contributed by atoms with van der Waals surface area (Å²) in [6, 6.07) is 0. The normalized spacial score (nSPS) is 18.8. The van der Waals surface area contributed by atoms with E-state index in [9.17, 15) is 9.90 Å². The van der Waals surface area contributed by atoms with Crippen molar-refractivity contribution >= 4 is 6.09 Å². The number of carbonyl (C=O) groups excluding carboxylic acids is 1. The van der Waals surface area contributed by atoms with Crippen molar-refractivity contribution in [3.63, 3.8) is 0 Å². The van der Waals surface area contributed by atoms with Crippen molar-refractivity contribution in [2.24, 2.45) is 5.41 Å². The van der Waals surface area contributed by atoms with Gasteiger partial charge in [0.1, 0.15) is 5.60 Å². The predicted molar refractivity (Wildman–Crippen MR) is 66.9 cm³/mol. The number of aliphatic hydroxyl groups is 1. The highest BCUT2D eigenvalue weighted by molar-refractivity contribution is 5.69. The molecule has 0 aromatic heterocycles. The first-order valence-electron chi connectivity index (χ1n) is 6.40. The Balaban J connectivity index is 2.28. The second kappa shape index (κ2) is 5.25. The van der Waals surface area contributed by atoms with Crippen LogP contribution in [0.1, 0.15) is 47.0 Å². The molecular formula is C13H25NO3. The molecule has 0 unspecified atom stereocenters. The van der Waals surface area contributed by atoms with Gasteiger partial charge in [-0.05, 0) is 18.3 Å². The van der Waals surface area contributed by atoms with Gasteiger partial charge in [-0.1, -0.05) is 34.1 Å². The number of β-amino-alcohol motifs (C(OH)–C–C–N with tert-alkyl or cyclic N) is 1. The number of amides is 1. The van der Waals surface area contributed by atoms with E-state index in [1.54, 1.807) is 4.90 Å². The molecule has 0 aromatic rings. The fourth-order valence-corrected chi connectivity index (χ4v) is 2.29. The first-order valence-corrected chi connectivity index (χ1v) is 6.40. The lowest BCUT2D eigenvalue weighted by molar-refractivity contribution is -0.109. The SMILES string of the molecule is CCCCOC(=O)N1CC(O)(CC(C)(C)C)C1. The van der Waals surface area contributed by atoms with E-state index in [-0.39, 0.29) is 11.5 Å². The molecule has 0 bridgehead atoms. The average Bonchev–Trinajstić information content (AvgIpc) is 2.11. The second-order valence-electron chi connectivity index (χ2n) is 6.29. The number of unbranched alkanes of at least 4 members (excludes halogenated alkanes) is 1. The maximum absolute atomic E-state index is 11.5. The summed E-state index contributed by atoms with van der Waals surface area (Å²) in [5.41, 5.74) is -0.644. The van der Waals surface area contributed by atoms with E-state index in [2.05, 4.69) is 27.7 Å². The Morgan fingerprint density at radius 3 is 2.47 bits per heavy atom. The van der Waals surface area contributed by atoms with E-state index in [0.717, 1.165) is 12.8 Å². The number of ether oxygens (including phenoxy) is 1. The molecule has 1 rings (SSSR count). The summed E-state index contributed by atoms with van der Waals surface area (Å²) < 4.78 is 5.09. The molecule has 1 amide bonds. The van der Waals surface area contributed by atoms with Crippen molar-refractivity contribution in [3.05, 3.63) is 0 Å². The highest BCUT2D eigenvalue weighted by Crippen LogP contribution is 2.34. The van der Waals surface area contributed by atoms with Crippen LogP contribution in [0.2, 0.25) is 0 Å². The second-order valence-corrected chi connectivity index (χ2v) is 6.29. The van der Waals surface area contributed by atoms with E-state index in [1.807, 2.05) is 0 Å². The molecule has 0 aliphatic carbocycles. The zero-order chi connectivity index (χ0) is 13.1. The molecule has 1 fully saturated rings. The first-order chi connectivity index (χ1) is 7.76. The van der Waals surface area contributed by atoms with Gasteiger partial charge in [0, 0.05) is 0 Å². The summed E-state index contributed by atoms with van der Waals surface area (Å²) >= 11 is 0. The molecule has 4 heteroatoms. The van der Waals surface area contributed by atoms with Crippen molar-refractivity contribution in [2.75, 3.05) is 19.7 Å². The molecule has 0 radical (unpaired) electrons. The standard InChI is InChI=1S/C13H25NO3/c1-5-6-7-17-11(15)14-9-13(16,10-14)8-12(2,3)4/h16H,5-10H2,1-4H3. The third-order valence-electron chi connectivity index (χ3n) is 2.81. The topological polar surface area (TPSA) is 49.8 Å². The van der Waals surface area contributed by atoms with Crippen molar-refractivity contribution in [3.8, 4) is 0 Å². The monoisotopic (exact) mass is 243 g/mol. The fraction of sp³-hybridized carbons (Fsp3) is 0.923. The van der Waals surface area contributed by atoms with E-state index in [1.165, 1.54) is 0 Å². The zero-order valence-corrected chi connectivity index (χ0v) is 11.5. The van der Waals surface area contributed by atoms with Crippen molar-refractivity contribution in [1.82, 2.24) is 4.90 Å². The van der Waals surface area contributed by atoms with Gasteiger partial charge >= 0.3 is 6.09 Å². The van der Waals surface area contributed by atoms with Crippen LogP contribution in [0.15, 0.2) is 0 Å². The lowest BCUT2D eigenvalue weighted by atomic mass is 9.78. The summed E-state index contributed by atoms with van der Waals surface area (Å²) in [7, 11) is 0. The maximum atomic E-state index is 11.5. The minimum Gasteiger partial charge on any atom is -0.449 e. The Morgan fingerprint density at radius 1 is 1.41 bits per heavy atom. The molecule has 1 heterocycles. The molecular weight excluding hydrogens is 218 g/mol. The number of rotatable bonds is 4. The van der Waals surface area contributed by atoms with Gasteiger partial charge < -0.3 is 14.7 Å². The van der Waals surface area contributed by atoms with Crippen LogP contribution in [0.4, 0.5) is 4.79 Å². The van der Waals surface area contributed by atoms with Crippen molar-refractivity contribution < 1.29 is 14.6 Å². The fourth-order valence-electron chi connectivity index (χ4n) is 2.29. The Morgan fingerprint density at radius 2 is 2.00 bits per heavy atom. The minimum atomic E-state index is -0.720. The summed E-state index contributed by atoms with van der Waals surface area (Å²) in [5, 5.41) is 10.2. The highest BCUT2D eigenvalue weighted by Gasteiger charge is 2.46. The number of carbonyl (C=O) groups is 1. The molecule has 0 aromatic carbocycles. The lowest BCUT2D eigenvalue weighted by Crippen LogP contribution is -2.64. The van der Waals surface area contributed by atoms with E-state index < -0.39 is 5.60 Å². The van der Waals surface area contributed by atoms with Gasteiger partial charge in [0.05, 0.1) is 19.7 Å². The van der Waals surface area contributed by atoms with E-state index in [4.69, 9.17) is 4.74 Å². The Kier molecular flexibility index (Phi) is 4.42. The smallest absolute Gasteiger partial charge is 0.409 e. The van der Waals surface area contributed by atoms with Gasteiger partial charge in [-0.3, -0.25) is 0 Å². The summed E-state index contributed by atoms with van der Waals surface area (Å²) in [5.74, 6) is 0. The molecule has 1 N–H and O–H groups in total. The third kappa shape index (κ3) is 4.54. The van der Waals surface area contributed by atoms with Crippen LogP contribution in [0.25, 0.3) is 0 Å². The van der Waals surface area contributed by atoms with Crippen LogP contribution in [0.3, 0.4) is 0 Å².